The molecule has 0 saturated carbocycles. The third kappa shape index (κ3) is 3.09. The summed E-state index contributed by atoms with van der Waals surface area (Å²) in [4.78, 5) is 7.50. The molecule has 22 heavy (non-hydrogen) atoms. The minimum atomic E-state index is 0.701. The third-order valence-corrected chi connectivity index (χ3v) is 5.90. The molecule has 1 aromatic heterocycles. The molecule has 4 rings (SSSR count). The Morgan fingerprint density at radius 1 is 1.09 bits per heavy atom. The van der Waals surface area contributed by atoms with Crippen molar-refractivity contribution in [1.82, 2.24) is 19.8 Å². The summed E-state index contributed by atoms with van der Waals surface area (Å²) in [6.45, 7) is 7.50. The first-order chi connectivity index (χ1) is 10.9. The van der Waals surface area contributed by atoms with E-state index in [1.807, 2.05) is 0 Å². The molecule has 0 spiro atoms. The summed E-state index contributed by atoms with van der Waals surface area (Å²) >= 11 is 0. The number of imidazole rings is 1. The van der Waals surface area contributed by atoms with Gasteiger partial charge in [-0.25, -0.2) is 4.98 Å². The molecular formula is C18H30N4. The molecule has 4 heteroatoms. The summed E-state index contributed by atoms with van der Waals surface area (Å²) in [7, 11) is 0. The van der Waals surface area contributed by atoms with Gasteiger partial charge in [0.1, 0.15) is 5.82 Å². The van der Waals surface area contributed by atoms with Gasteiger partial charge in [0.2, 0.25) is 0 Å². The molecule has 1 aromatic rings. The maximum Gasteiger partial charge on any atom is 0.112 e. The van der Waals surface area contributed by atoms with Crippen LogP contribution in [0.25, 0.3) is 0 Å². The Hall–Kier alpha value is -0.870. The molecule has 0 aromatic carbocycles. The summed E-state index contributed by atoms with van der Waals surface area (Å²) in [5.74, 6) is 2.98. The number of hydrogen-bond donors (Lipinski definition) is 1. The van der Waals surface area contributed by atoms with Crippen LogP contribution in [0.5, 0.6) is 0 Å². The van der Waals surface area contributed by atoms with Gasteiger partial charge in [0, 0.05) is 30.9 Å². The lowest BCUT2D eigenvalue weighted by Crippen LogP contribution is -2.41. The largest absolute Gasteiger partial charge is 0.332 e. The highest BCUT2D eigenvalue weighted by molar-refractivity contribution is 5.12. The first-order valence-corrected chi connectivity index (χ1v) is 9.37. The van der Waals surface area contributed by atoms with Gasteiger partial charge in [0.05, 0.1) is 0 Å². The van der Waals surface area contributed by atoms with Crippen molar-refractivity contribution in [1.29, 1.82) is 0 Å². The summed E-state index contributed by atoms with van der Waals surface area (Å²) in [5, 5.41) is 3.55. The Bertz CT molecular complexity index is 481. The van der Waals surface area contributed by atoms with E-state index in [-0.39, 0.29) is 0 Å². The second-order valence-corrected chi connectivity index (χ2v) is 7.50. The fourth-order valence-corrected chi connectivity index (χ4v) is 4.61. The van der Waals surface area contributed by atoms with E-state index in [1.165, 1.54) is 95.7 Å². The van der Waals surface area contributed by atoms with Gasteiger partial charge in [-0.15, -0.1) is 0 Å². The minimum Gasteiger partial charge on any atom is -0.332 e. The predicted octanol–water partition coefficient (Wildman–Crippen LogP) is 2.40. The number of hydrogen-bond acceptors (Lipinski definition) is 3. The molecule has 0 bridgehead atoms. The Morgan fingerprint density at radius 3 is 2.82 bits per heavy atom. The second kappa shape index (κ2) is 6.71. The number of piperidine rings is 2. The number of aromatic nitrogens is 2. The molecule has 1 unspecified atom stereocenters. The molecule has 4 nitrogen and oxygen atoms in total. The average Bonchev–Trinajstić information content (AvgIpc) is 3.01. The van der Waals surface area contributed by atoms with Gasteiger partial charge in [0.15, 0.2) is 0 Å². The van der Waals surface area contributed by atoms with Crippen molar-refractivity contribution < 1.29 is 0 Å². The standard InChI is InChI=1S/C18H30N4/c1-2-9-22-17(5-1)13-20-18(22)16-6-10-21(11-7-16)14-15-4-3-8-19-12-15/h13,15-16,19H,1-12,14H2. The Labute approximate surface area is 134 Å². The molecular weight excluding hydrogens is 272 g/mol. The van der Waals surface area contributed by atoms with E-state index >= 15 is 0 Å². The molecule has 0 radical (unpaired) electrons. The van der Waals surface area contributed by atoms with E-state index in [4.69, 9.17) is 4.98 Å². The number of fused-ring (bicyclic) bond motifs is 1. The van der Waals surface area contributed by atoms with Crippen molar-refractivity contribution in [2.45, 2.75) is 57.4 Å². The summed E-state index contributed by atoms with van der Waals surface area (Å²) in [5.41, 5.74) is 1.48. The Kier molecular flexibility index (Phi) is 4.49. The van der Waals surface area contributed by atoms with Crippen LogP contribution >= 0.6 is 0 Å². The number of aryl methyl sites for hydroxylation is 1. The lowest BCUT2D eigenvalue weighted by Gasteiger charge is -2.35. The van der Waals surface area contributed by atoms with Gasteiger partial charge in [-0.2, -0.15) is 0 Å². The maximum absolute atomic E-state index is 4.80. The molecule has 4 heterocycles. The van der Waals surface area contributed by atoms with Crippen LogP contribution in [-0.4, -0.2) is 47.2 Å². The highest BCUT2D eigenvalue weighted by atomic mass is 15.1. The van der Waals surface area contributed by atoms with Crippen molar-refractivity contribution in [2.24, 2.45) is 5.92 Å². The van der Waals surface area contributed by atoms with Crippen LogP contribution in [0.15, 0.2) is 6.20 Å². The zero-order valence-corrected chi connectivity index (χ0v) is 13.8. The first-order valence-electron chi connectivity index (χ1n) is 9.37. The van der Waals surface area contributed by atoms with Gasteiger partial charge >= 0.3 is 0 Å². The van der Waals surface area contributed by atoms with Crippen molar-refractivity contribution in [3.63, 3.8) is 0 Å². The van der Waals surface area contributed by atoms with Crippen molar-refractivity contribution in [2.75, 3.05) is 32.7 Å². The molecule has 122 valence electrons. The highest BCUT2D eigenvalue weighted by Crippen LogP contribution is 2.30. The average molecular weight is 302 g/mol. The van der Waals surface area contributed by atoms with Gasteiger partial charge in [0.25, 0.3) is 0 Å². The molecule has 2 saturated heterocycles. The van der Waals surface area contributed by atoms with Crippen LogP contribution in [0, 0.1) is 5.92 Å². The van der Waals surface area contributed by atoms with Crippen molar-refractivity contribution >= 4 is 0 Å². The molecule has 2 fully saturated rings. The Morgan fingerprint density at radius 2 is 2.00 bits per heavy atom. The van der Waals surface area contributed by atoms with E-state index in [1.54, 1.807) is 0 Å². The molecule has 1 atom stereocenters. The first kappa shape index (κ1) is 14.7. The smallest absolute Gasteiger partial charge is 0.112 e. The maximum atomic E-state index is 4.80. The highest BCUT2D eigenvalue weighted by Gasteiger charge is 2.27. The minimum absolute atomic E-state index is 0.701. The zero-order valence-electron chi connectivity index (χ0n) is 13.8. The molecule has 1 N–H and O–H groups in total. The Balaban J connectivity index is 1.32. The van der Waals surface area contributed by atoms with Crippen LogP contribution in [0.1, 0.15) is 56.0 Å². The fraction of sp³-hybridized carbons (Fsp3) is 0.833. The monoisotopic (exact) mass is 302 g/mol. The van der Waals surface area contributed by atoms with Gasteiger partial charge in [-0.05, 0) is 77.0 Å². The number of nitrogens with zero attached hydrogens (tertiary/aromatic N) is 3. The van der Waals surface area contributed by atoms with Crippen LogP contribution < -0.4 is 5.32 Å². The van der Waals surface area contributed by atoms with Crippen molar-refractivity contribution in [3.05, 3.63) is 17.7 Å². The van der Waals surface area contributed by atoms with Crippen LogP contribution in [0.3, 0.4) is 0 Å². The number of nitrogens with one attached hydrogen (secondary N) is 1. The zero-order chi connectivity index (χ0) is 14.8. The van der Waals surface area contributed by atoms with E-state index in [9.17, 15) is 0 Å². The van der Waals surface area contributed by atoms with Crippen LogP contribution in [0.4, 0.5) is 0 Å². The van der Waals surface area contributed by atoms with Crippen LogP contribution in [-0.2, 0) is 13.0 Å². The van der Waals surface area contributed by atoms with Gasteiger partial charge < -0.3 is 14.8 Å². The normalized spacial score (nSPS) is 27.7. The quantitative estimate of drug-likeness (QED) is 0.931. The lowest BCUT2D eigenvalue weighted by molar-refractivity contribution is 0.166. The lowest BCUT2D eigenvalue weighted by atomic mass is 9.93. The topological polar surface area (TPSA) is 33.1 Å². The van der Waals surface area contributed by atoms with E-state index < -0.39 is 0 Å². The van der Waals surface area contributed by atoms with Crippen molar-refractivity contribution in [3.8, 4) is 0 Å². The van der Waals surface area contributed by atoms with E-state index in [2.05, 4.69) is 21.0 Å². The number of likely N-dealkylation sites (tertiary alicyclic amines) is 1. The van der Waals surface area contributed by atoms with E-state index in [0.717, 1.165) is 5.92 Å². The van der Waals surface area contributed by atoms with Gasteiger partial charge in [-0.3, -0.25) is 0 Å². The summed E-state index contributed by atoms with van der Waals surface area (Å²) in [6.07, 6.45) is 11.5. The SMILES string of the molecule is c1nc(C2CCN(CC3CCCNC3)CC2)n2c1CCCC2. The summed E-state index contributed by atoms with van der Waals surface area (Å²) < 4.78 is 2.54. The molecule has 0 aliphatic carbocycles. The van der Waals surface area contributed by atoms with E-state index in [0.29, 0.717) is 5.92 Å². The number of rotatable bonds is 3. The predicted molar refractivity (Wildman–Crippen MR) is 89.2 cm³/mol. The second-order valence-electron chi connectivity index (χ2n) is 7.50. The third-order valence-electron chi connectivity index (χ3n) is 5.90. The summed E-state index contributed by atoms with van der Waals surface area (Å²) in [6, 6.07) is 0. The van der Waals surface area contributed by atoms with Gasteiger partial charge in [-0.1, -0.05) is 0 Å². The molecule has 0 amide bonds. The fourth-order valence-electron chi connectivity index (χ4n) is 4.61. The van der Waals surface area contributed by atoms with Crippen LogP contribution in [0.2, 0.25) is 0 Å². The molecule has 3 aliphatic heterocycles. The molecule has 3 aliphatic rings.